The first-order valence-electron chi connectivity index (χ1n) is 5.67. The maximum Gasteiger partial charge on any atom is 0.198 e. The molecule has 1 N–H and O–H groups in total. The van der Waals surface area contributed by atoms with Gasteiger partial charge in [-0.2, -0.15) is 0 Å². The lowest BCUT2D eigenvalue weighted by Crippen LogP contribution is -2.05. The quantitative estimate of drug-likeness (QED) is 0.825. The van der Waals surface area contributed by atoms with Crippen molar-refractivity contribution in [2.24, 2.45) is 5.92 Å². The number of aromatic nitrogens is 2. The molecule has 2 rings (SSSR count). The molecule has 0 saturated heterocycles. The van der Waals surface area contributed by atoms with E-state index in [1.165, 1.54) is 0 Å². The lowest BCUT2D eigenvalue weighted by Gasteiger charge is -1.99. The molecule has 1 aromatic carbocycles. The summed E-state index contributed by atoms with van der Waals surface area (Å²) < 4.78 is 5.21. The third-order valence-corrected chi connectivity index (χ3v) is 2.55. The van der Waals surface area contributed by atoms with E-state index >= 15 is 0 Å². The van der Waals surface area contributed by atoms with Gasteiger partial charge in [0.15, 0.2) is 11.6 Å². The molecule has 0 spiro atoms. The summed E-state index contributed by atoms with van der Waals surface area (Å²) in [6.45, 7) is 4.03. The van der Waals surface area contributed by atoms with Crippen LogP contribution in [0.5, 0.6) is 5.75 Å². The predicted molar refractivity (Wildman–Crippen MR) is 66.4 cm³/mol. The summed E-state index contributed by atoms with van der Waals surface area (Å²) in [4.78, 5) is 19.2. The first kappa shape index (κ1) is 11.6. The summed E-state index contributed by atoms with van der Waals surface area (Å²) in [7, 11) is 1.60. The number of H-pyrrole nitrogens is 1. The summed E-state index contributed by atoms with van der Waals surface area (Å²) in [6, 6.07) is 5.59. The van der Waals surface area contributed by atoms with Crippen LogP contribution in [0.25, 0.3) is 11.0 Å². The molecule has 0 atom stereocenters. The predicted octanol–water partition coefficient (Wildman–Crippen LogP) is 2.80. The van der Waals surface area contributed by atoms with Crippen LogP contribution in [0.2, 0.25) is 0 Å². The fourth-order valence-corrected chi connectivity index (χ4v) is 1.77. The normalized spacial score (nSPS) is 11.1. The number of hydrogen-bond acceptors (Lipinski definition) is 3. The van der Waals surface area contributed by atoms with Crippen LogP contribution in [-0.2, 0) is 0 Å². The van der Waals surface area contributed by atoms with Crippen molar-refractivity contribution in [2.45, 2.75) is 20.3 Å². The van der Waals surface area contributed by atoms with Gasteiger partial charge < -0.3 is 9.72 Å². The number of imidazole rings is 1. The minimum Gasteiger partial charge on any atom is -0.494 e. The monoisotopic (exact) mass is 232 g/mol. The number of hydrogen-bond donors (Lipinski definition) is 1. The van der Waals surface area contributed by atoms with Crippen LogP contribution in [0.4, 0.5) is 0 Å². The number of nitrogens with one attached hydrogen (secondary N) is 1. The average Bonchev–Trinajstić information content (AvgIpc) is 2.71. The largest absolute Gasteiger partial charge is 0.494 e. The topological polar surface area (TPSA) is 55.0 Å². The molecule has 2 aromatic rings. The molecule has 0 saturated carbocycles. The van der Waals surface area contributed by atoms with E-state index in [1.54, 1.807) is 7.11 Å². The van der Waals surface area contributed by atoms with Gasteiger partial charge in [-0.3, -0.25) is 4.79 Å². The Kier molecular flexibility index (Phi) is 3.13. The van der Waals surface area contributed by atoms with Crippen molar-refractivity contribution in [2.75, 3.05) is 7.11 Å². The SMILES string of the molecule is COc1cccc2[nH]c(C(=O)CC(C)C)nc12. The van der Waals surface area contributed by atoms with Crippen molar-refractivity contribution in [3.05, 3.63) is 24.0 Å². The molecule has 0 fully saturated rings. The third kappa shape index (κ3) is 2.30. The zero-order valence-electron chi connectivity index (χ0n) is 10.3. The number of carbonyl (C=O) groups is 1. The van der Waals surface area contributed by atoms with Gasteiger partial charge in [-0.25, -0.2) is 4.98 Å². The van der Waals surface area contributed by atoms with Gasteiger partial charge >= 0.3 is 0 Å². The lowest BCUT2D eigenvalue weighted by molar-refractivity contribution is 0.0959. The van der Waals surface area contributed by atoms with Gasteiger partial charge in [-0.1, -0.05) is 19.9 Å². The molecule has 90 valence electrons. The van der Waals surface area contributed by atoms with Crippen molar-refractivity contribution in [1.29, 1.82) is 0 Å². The van der Waals surface area contributed by atoms with E-state index in [0.29, 0.717) is 29.4 Å². The standard InChI is InChI=1S/C13H16N2O2/c1-8(2)7-10(16)13-14-9-5-4-6-11(17-3)12(9)15-13/h4-6,8H,7H2,1-3H3,(H,14,15). The molecule has 0 unspecified atom stereocenters. The van der Waals surface area contributed by atoms with E-state index in [-0.39, 0.29) is 5.78 Å². The Morgan fingerprint density at radius 2 is 2.24 bits per heavy atom. The van der Waals surface area contributed by atoms with Crippen molar-refractivity contribution in [3.8, 4) is 5.75 Å². The van der Waals surface area contributed by atoms with E-state index in [1.807, 2.05) is 32.0 Å². The molecule has 17 heavy (non-hydrogen) atoms. The molecule has 0 radical (unpaired) electrons. The number of carbonyl (C=O) groups excluding carboxylic acids is 1. The van der Waals surface area contributed by atoms with Crippen LogP contribution in [0.1, 0.15) is 30.9 Å². The number of para-hydroxylation sites is 1. The maximum atomic E-state index is 11.9. The number of aromatic amines is 1. The molecule has 0 amide bonds. The number of ketones is 1. The molecule has 1 heterocycles. The van der Waals surface area contributed by atoms with E-state index in [4.69, 9.17) is 4.74 Å². The smallest absolute Gasteiger partial charge is 0.198 e. The second-order valence-corrected chi connectivity index (χ2v) is 4.46. The summed E-state index contributed by atoms with van der Waals surface area (Å²) in [5.41, 5.74) is 1.54. The number of benzene rings is 1. The molecule has 4 nitrogen and oxygen atoms in total. The van der Waals surface area contributed by atoms with Gasteiger partial charge in [0.2, 0.25) is 0 Å². The highest BCUT2D eigenvalue weighted by molar-refractivity contribution is 5.96. The van der Waals surface area contributed by atoms with Gasteiger partial charge in [0, 0.05) is 6.42 Å². The second kappa shape index (κ2) is 4.57. The van der Waals surface area contributed by atoms with Crippen LogP contribution in [-0.4, -0.2) is 22.9 Å². The highest BCUT2D eigenvalue weighted by atomic mass is 16.5. The van der Waals surface area contributed by atoms with Crippen LogP contribution < -0.4 is 4.74 Å². The Morgan fingerprint density at radius 1 is 1.47 bits per heavy atom. The number of ether oxygens (including phenoxy) is 1. The van der Waals surface area contributed by atoms with E-state index in [0.717, 1.165) is 5.52 Å². The fourth-order valence-electron chi connectivity index (χ4n) is 1.77. The summed E-state index contributed by atoms with van der Waals surface area (Å²) in [5.74, 6) is 1.47. The van der Waals surface area contributed by atoms with Gasteiger partial charge in [-0.05, 0) is 18.1 Å². The molecule has 4 heteroatoms. The van der Waals surface area contributed by atoms with E-state index < -0.39 is 0 Å². The average molecular weight is 232 g/mol. The Morgan fingerprint density at radius 3 is 2.88 bits per heavy atom. The minimum absolute atomic E-state index is 0.0400. The van der Waals surface area contributed by atoms with Crippen LogP contribution >= 0.6 is 0 Å². The lowest BCUT2D eigenvalue weighted by atomic mass is 10.1. The molecule has 1 aromatic heterocycles. The van der Waals surface area contributed by atoms with Gasteiger partial charge in [0.05, 0.1) is 12.6 Å². The Balaban J connectivity index is 2.41. The van der Waals surface area contributed by atoms with Crippen molar-refractivity contribution >= 4 is 16.8 Å². The Hall–Kier alpha value is -1.84. The van der Waals surface area contributed by atoms with Crippen molar-refractivity contribution < 1.29 is 9.53 Å². The molecular weight excluding hydrogens is 216 g/mol. The molecular formula is C13H16N2O2. The number of nitrogens with zero attached hydrogens (tertiary/aromatic N) is 1. The first-order valence-corrected chi connectivity index (χ1v) is 5.67. The fraction of sp³-hybridized carbons (Fsp3) is 0.385. The van der Waals surface area contributed by atoms with Crippen LogP contribution in [0, 0.1) is 5.92 Å². The Labute approximate surface area is 100 Å². The zero-order chi connectivity index (χ0) is 12.4. The highest BCUT2D eigenvalue weighted by Crippen LogP contribution is 2.23. The number of fused-ring (bicyclic) bond motifs is 1. The molecule has 0 aliphatic rings. The van der Waals surface area contributed by atoms with Crippen molar-refractivity contribution in [1.82, 2.24) is 9.97 Å². The van der Waals surface area contributed by atoms with Crippen molar-refractivity contribution in [3.63, 3.8) is 0 Å². The van der Waals surface area contributed by atoms with E-state index in [2.05, 4.69) is 9.97 Å². The van der Waals surface area contributed by atoms with Crippen LogP contribution in [0.3, 0.4) is 0 Å². The van der Waals surface area contributed by atoms with Gasteiger partial charge in [0.25, 0.3) is 0 Å². The molecule has 0 bridgehead atoms. The third-order valence-electron chi connectivity index (χ3n) is 2.55. The maximum absolute atomic E-state index is 11.9. The number of rotatable bonds is 4. The zero-order valence-corrected chi connectivity index (χ0v) is 10.3. The number of Topliss-reactive ketones (excluding diaryl/α,β-unsaturated/α-hetero) is 1. The van der Waals surface area contributed by atoms with E-state index in [9.17, 15) is 4.79 Å². The summed E-state index contributed by atoms with van der Waals surface area (Å²) in [5, 5.41) is 0. The Bertz CT molecular complexity index is 543. The van der Waals surface area contributed by atoms with Gasteiger partial charge in [0.1, 0.15) is 11.3 Å². The second-order valence-electron chi connectivity index (χ2n) is 4.46. The summed E-state index contributed by atoms with van der Waals surface area (Å²) >= 11 is 0. The first-order chi connectivity index (χ1) is 8.11. The summed E-state index contributed by atoms with van der Waals surface area (Å²) in [6.07, 6.45) is 0.502. The molecule has 0 aliphatic heterocycles. The number of methoxy groups -OCH3 is 1. The van der Waals surface area contributed by atoms with Crippen LogP contribution in [0.15, 0.2) is 18.2 Å². The highest BCUT2D eigenvalue weighted by Gasteiger charge is 2.14. The molecule has 0 aliphatic carbocycles. The minimum atomic E-state index is 0.0400. The van der Waals surface area contributed by atoms with Gasteiger partial charge in [-0.15, -0.1) is 0 Å².